The van der Waals surface area contributed by atoms with Crippen LogP contribution in [0.4, 0.5) is 0 Å². The van der Waals surface area contributed by atoms with Gasteiger partial charge in [0.1, 0.15) is 0 Å². The van der Waals surface area contributed by atoms with Gasteiger partial charge >= 0.3 is 0 Å². The second kappa shape index (κ2) is 8.66. The summed E-state index contributed by atoms with van der Waals surface area (Å²) in [5.41, 5.74) is 8.13. The highest BCUT2D eigenvalue weighted by Crippen LogP contribution is 2.09. The van der Waals surface area contributed by atoms with Crippen molar-refractivity contribution in [2.45, 2.75) is 20.4 Å². The maximum atomic E-state index is 5.96. The summed E-state index contributed by atoms with van der Waals surface area (Å²) in [5.74, 6) is 0.603. The SMILES string of the molecule is CCN(CC)C(N)=NCc1ccc(-n2cccn2)cc1.I. The smallest absolute Gasteiger partial charge is 0.191 e. The van der Waals surface area contributed by atoms with Crippen LogP contribution in [0.15, 0.2) is 47.7 Å². The van der Waals surface area contributed by atoms with Gasteiger partial charge in [-0.1, -0.05) is 12.1 Å². The van der Waals surface area contributed by atoms with E-state index in [4.69, 9.17) is 5.73 Å². The molecule has 0 aliphatic carbocycles. The lowest BCUT2D eigenvalue weighted by molar-refractivity contribution is 0.458. The average Bonchev–Trinajstić information content (AvgIpc) is 3.01. The summed E-state index contributed by atoms with van der Waals surface area (Å²) in [6, 6.07) is 10.1. The number of aromatic nitrogens is 2. The molecular weight excluding hydrogens is 377 g/mol. The van der Waals surface area contributed by atoms with Gasteiger partial charge in [0.15, 0.2) is 5.96 Å². The third-order valence-corrected chi connectivity index (χ3v) is 3.22. The first-order valence-electron chi connectivity index (χ1n) is 6.88. The van der Waals surface area contributed by atoms with Crippen LogP contribution in [0, 0.1) is 0 Å². The maximum Gasteiger partial charge on any atom is 0.191 e. The fourth-order valence-electron chi connectivity index (χ4n) is 2.00. The van der Waals surface area contributed by atoms with Gasteiger partial charge in [-0.2, -0.15) is 5.10 Å². The van der Waals surface area contributed by atoms with Gasteiger partial charge < -0.3 is 10.6 Å². The molecule has 2 N–H and O–H groups in total. The summed E-state index contributed by atoms with van der Waals surface area (Å²) >= 11 is 0. The number of guanidine groups is 1. The van der Waals surface area contributed by atoms with Crippen LogP contribution in [-0.2, 0) is 6.54 Å². The fraction of sp³-hybridized carbons (Fsp3) is 0.333. The van der Waals surface area contributed by atoms with Gasteiger partial charge in [-0.3, -0.25) is 0 Å². The molecule has 0 saturated carbocycles. The molecule has 1 aromatic carbocycles. The number of rotatable bonds is 5. The molecule has 21 heavy (non-hydrogen) atoms. The Morgan fingerprint density at radius 3 is 2.43 bits per heavy atom. The third-order valence-electron chi connectivity index (χ3n) is 3.22. The van der Waals surface area contributed by atoms with Gasteiger partial charge in [0.05, 0.1) is 12.2 Å². The minimum absolute atomic E-state index is 0. The van der Waals surface area contributed by atoms with Crippen molar-refractivity contribution in [3.8, 4) is 5.69 Å². The van der Waals surface area contributed by atoms with E-state index in [0.717, 1.165) is 24.3 Å². The molecule has 0 radical (unpaired) electrons. The van der Waals surface area contributed by atoms with Crippen LogP contribution >= 0.6 is 24.0 Å². The first-order chi connectivity index (χ1) is 9.74. The van der Waals surface area contributed by atoms with E-state index in [2.05, 4.69) is 36.1 Å². The van der Waals surface area contributed by atoms with Crippen molar-refractivity contribution in [2.75, 3.05) is 13.1 Å². The summed E-state index contributed by atoms with van der Waals surface area (Å²) < 4.78 is 1.83. The Balaban J connectivity index is 0.00000220. The van der Waals surface area contributed by atoms with Crippen LogP contribution in [0.3, 0.4) is 0 Å². The molecule has 1 aromatic heterocycles. The monoisotopic (exact) mass is 399 g/mol. The Kier molecular flexibility index (Phi) is 7.21. The second-order valence-electron chi connectivity index (χ2n) is 4.46. The molecule has 0 spiro atoms. The minimum Gasteiger partial charge on any atom is -0.370 e. The number of aliphatic imine (C=N–C) groups is 1. The molecular formula is C15H22IN5. The standard InChI is InChI=1S/C15H21N5.HI/c1-3-19(4-2)15(16)17-12-13-6-8-14(9-7-13)20-11-5-10-18-20;/h5-11H,3-4,12H2,1-2H3,(H2,16,17);1H. The number of nitrogens with two attached hydrogens (primary N) is 1. The molecule has 0 saturated heterocycles. The lowest BCUT2D eigenvalue weighted by atomic mass is 10.2. The van der Waals surface area contributed by atoms with Gasteiger partial charge in [-0.05, 0) is 37.6 Å². The van der Waals surface area contributed by atoms with Gasteiger partial charge in [-0.25, -0.2) is 9.67 Å². The Morgan fingerprint density at radius 1 is 1.24 bits per heavy atom. The van der Waals surface area contributed by atoms with Crippen molar-refractivity contribution in [3.63, 3.8) is 0 Å². The van der Waals surface area contributed by atoms with Gasteiger partial charge in [0, 0.05) is 25.5 Å². The Labute approximate surface area is 142 Å². The van der Waals surface area contributed by atoms with Crippen molar-refractivity contribution >= 4 is 29.9 Å². The summed E-state index contributed by atoms with van der Waals surface area (Å²) in [6.07, 6.45) is 3.69. The number of hydrogen-bond donors (Lipinski definition) is 1. The van der Waals surface area contributed by atoms with Crippen LogP contribution in [0.25, 0.3) is 5.69 Å². The molecule has 2 rings (SSSR count). The van der Waals surface area contributed by atoms with E-state index in [0.29, 0.717) is 12.5 Å². The predicted octanol–water partition coefficient (Wildman–Crippen LogP) is 2.65. The minimum atomic E-state index is 0. The van der Waals surface area contributed by atoms with Crippen LogP contribution in [0.2, 0.25) is 0 Å². The van der Waals surface area contributed by atoms with E-state index in [9.17, 15) is 0 Å². The van der Waals surface area contributed by atoms with Crippen molar-refractivity contribution in [2.24, 2.45) is 10.7 Å². The topological polar surface area (TPSA) is 59.4 Å². The lowest BCUT2D eigenvalue weighted by Gasteiger charge is -2.19. The summed E-state index contributed by atoms with van der Waals surface area (Å²) in [5, 5.41) is 4.20. The van der Waals surface area contributed by atoms with Crippen molar-refractivity contribution < 1.29 is 0 Å². The Morgan fingerprint density at radius 2 is 1.90 bits per heavy atom. The molecule has 0 bridgehead atoms. The largest absolute Gasteiger partial charge is 0.370 e. The molecule has 5 nitrogen and oxygen atoms in total. The normalized spacial score (nSPS) is 11.0. The first-order valence-corrected chi connectivity index (χ1v) is 6.88. The first kappa shape index (κ1) is 17.5. The molecule has 0 atom stereocenters. The second-order valence-corrected chi connectivity index (χ2v) is 4.46. The molecule has 6 heteroatoms. The molecule has 2 aromatic rings. The quantitative estimate of drug-likeness (QED) is 0.478. The lowest BCUT2D eigenvalue weighted by Crippen LogP contribution is -2.37. The zero-order chi connectivity index (χ0) is 14.4. The predicted molar refractivity (Wildman–Crippen MR) is 97.2 cm³/mol. The highest BCUT2D eigenvalue weighted by Gasteiger charge is 2.02. The number of hydrogen-bond acceptors (Lipinski definition) is 2. The fourth-order valence-corrected chi connectivity index (χ4v) is 2.00. The molecule has 1 heterocycles. The highest BCUT2D eigenvalue weighted by molar-refractivity contribution is 14.0. The molecule has 114 valence electrons. The number of benzene rings is 1. The van der Waals surface area contributed by atoms with Crippen LogP contribution in [0.1, 0.15) is 19.4 Å². The molecule has 0 fully saturated rings. The Bertz CT molecular complexity index is 544. The molecule has 0 amide bonds. The van der Waals surface area contributed by atoms with E-state index in [-0.39, 0.29) is 24.0 Å². The number of halogens is 1. The number of nitrogens with zero attached hydrogens (tertiary/aromatic N) is 4. The van der Waals surface area contributed by atoms with Crippen LogP contribution in [0.5, 0.6) is 0 Å². The third kappa shape index (κ3) is 4.73. The van der Waals surface area contributed by atoms with Gasteiger partial charge in [-0.15, -0.1) is 24.0 Å². The van der Waals surface area contributed by atoms with Crippen LogP contribution in [-0.4, -0.2) is 33.7 Å². The van der Waals surface area contributed by atoms with E-state index < -0.39 is 0 Å². The van der Waals surface area contributed by atoms with E-state index in [1.165, 1.54) is 0 Å². The molecule has 0 unspecified atom stereocenters. The van der Waals surface area contributed by atoms with E-state index in [1.54, 1.807) is 6.20 Å². The zero-order valence-corrected chi connectivity index (χ0v) is 14.8. The van der Waals surface area contributed by atoms with Gasteiger partial charge in [0.25, 0.3) is 0 Å². The molecule has 0 aliphatic heterocycles. The summed E-state index contributed by atoms with van der Waals surface area (Å²) in [6.45, 7) is 6.51. The van der Waals surface area contributed by atoms with E-state index in [1.807, 2.05) is 34.0 Å². The summed E-state index contributed by atoms with van der Waals surface area (Å²) in [7, 11) is 0. The summed E-state index contributed by atoms with van der Waals surface area (Å²) in [4.78, 5) is 6.47. The van der Waals surface area contributed by atoms with Crippen LogP contribution < -0.4 is 5.73 Å². The van der Waals surface area contributed by atoms with Crippen molar-refractivity contribution in [1.29, 1.82) is 0 Å². The zero-order valence-electron chi connectivity index (χ0n) is 12.4. The van der Waals surface area contributed by atoms with Gasteiger partial charge in [0.2, 0.25) is 0 Å². The average molecular weight is 399 g/mol. The molecule has 0 aliphatic rings. The highest BCUT2D eigenvalue weighted by atomic mass is 127. The van der Waals surface area contributed by atoms with Crippen molar-refractivity contribution in [3.05, 3.63) is 48.3 Å². The van der Waals surface area contributed by atoms with E-state index >= 15 is 0 Å². The maximum absolute atomic E-state index is 5.96. The Hall–Kier alpha value is -1.57. The van der Waals surface area contributed by atoms with Crippen molar-refractivity contribution in [1.82, 2.24) is 14.7 Å².